The third kappa shape index (κ3) is 2.22. The molecule has 0 amide bonds. The number of rotatable bonds is 1. The predicted octanol–water partition coefficient (Wildman–Crippen LogP) is 3.58. The number of nitrogens with one attached hydrogen (secondary N) is 1. The minimum absolute atomic E-state index is 0.207. The summed E-state index contributed by atoms with van der Waals surface area (Å²) < 4.78 is 19.2. The summed E-state index contributed by atoms with van der Waals surface area (Å²) in [5.74, 6) is 1.97. The van der Waals surface area contributed by atoms with Gasteiger partial charge in [0.15, 0.2) is 0 Å². The summed E-state index contributed by atoms with van der Waals surface area (Å²) >= 11 is 0. The number of halogens is 1. The minimum atomic E-state index is -0.207. The summed E-state index contributed by atoms with van der Waals surface area (Å²) in [6.07, 6.45) is 1.09. The molecule has 0 radical (unpaired) electrons. The van der Waals surface area contributed by atoms with Gasteiger partial charge < -0.3 is 10.1 Å². The van der Waals surface area contributed by atoms with Gasteiger partial charge in [0, 0.05) is 18.0 Å². The first-order valence-electron chi connectivity index (χ1n) is 7.55. The van der Waals surface area contributed by atoms with Gasteiger partial charge in [0.2, 0.25) is 0 Å². The smallest absolute Gasteiger partial charge is 0.130 e. The van der Waals surface area contributed by atoms with Crippen LogP contribution in [0.25, 0.3) is 11.1 Å². The van der Waals surface area contributed by atoms with Crippen molar-refractivity contribution in [3.63, 3.8) is 0 Å². The maximum atomic E-state index is 13.1. The van der Waals surface area contributed by atoms with Gasteiger partial charge in [-0.25, -0.2) is 4.39 Å². The quantitative estimate of drug-likeness (QED) is 0.863. The Morgan fingerprint density at radius 2 is 1.90 bits per heavy atom. The number of para-hydroxylation sites is 1. The lowest BCUT2D eigenvalue weighted by Gasteiger charge is -2.18. The molecule has 0 bridgehead atoms. The van der Waals surface area contributed by atoms with Gasteiger partial charge in [-0.15, -0.1) is 0 Å². The fraction of sp³-hybridized carbons (Fsp3) is 0.333. The van der Waals surface area contributed by atoms with Crippen molar-refractivity contribution in [2.24, 2.45) is 5.92 Å². The molecular formula is C18H18FNO. The van der Waals surface area contributed by atoms with Crippen molar-refractivity contribution in [2.45, 2.75) is 12.3 Å². The summed E-state index contributed by atoms with van der Waals surface area (Å²) in [6, 6.07) is 13.0. The molecule has 0 aromatic heterocycles. The molecule has 4 rings (SSSR count). The molecular weight excluding hydrogens is 265 g/mol. The van der Waals surface area contributed by atoms with Gasteiger partial charge in [-0.2, -0.15) is 0 Å². The van der Waals surface area contributed by atoms with E-state index in [1.54, 1.807) is 0 Å². The Labute approximate surface area is 123 Å². The van der Waals surface area contributed by atoms with E-state index in [0.29, 0.717) is 11.8 Å². The van der Waals surface area contributed by atoms with Crippen molar-refractivity contribution >= 4 is 0 Å². The van der Waals surface area contributed by atoms with E-state index in [0.717, 1.165) is 43.0 Å². The predicted molar refractivity (Wildman–Crippen MR) is 81.0 cm³/mol. The highest BCUT2D eigenvalue weighted by Gasteiger charge is 2.33. The Bertz CT molecular complexity index is 653. The van der Waals surface area contributed by atoms with E-state index in [4.69, 9.17) is 4.74 Å². The summed E-state index contributed by atoms with van der Waals surface area (Å²) in [5.41, 5.74) is 3.38. The molecule has 2 atom stereocenters. The lowest BCUT2D eigenvalue weighted by atomic mass is 9.86. The summed E-state index contributed by atoms with van der Waals surface area (Å²) in [7, 11) is 0. The topological polar surface area (TPSA) is 21.3 Å². The molecule has 108 valence electrons. The first-order chi connectivity index (χ1) is 10.3. The average molecular weight is 283 g/mol. The maximum absolute atomic E-state index is 13.1. The lowest BCUT2D eigenvalue weighted by molar-refractivity contribution is 0.297. The molecule has 0 unspecified atom stereocenters. The van der Waals surface area contributed by atoms with Crippen molar-refractivity contribution in [2.75, 3.05) is 19.7 Å². The Morgan fingerprint density at radius 1 is 1.05 bits per heavy atom. The third-order valence-corrected chi connectivity index (χ3v) is 4.68. The number of fused-ring (bicyclic) bond motifs is 3. The molecule has 0 saturated carbocycles. The second-order valence-corrected chi connectivity index (χ2v) is 5.89. The molecule has 2 aliphatic rings. The number of benzene rings is 2. The number of ether oxygens (including phenoxy) is 1. The van der Waals surface area contributed by atoms with Gasteiger partial charge >= 0.3 is 0 Å². The maximum Gasteiger partial charge on any atom is 0.130 e. The zero-order valence-electron chi connectivity index (χ0n) is 11.8. The minimum Gasteiger partial charge on any atom is -0.493 e. The molecule has 2 aliphatic heterocycles. The van der Waals surface area contributed by atoms with Crippen LogP contribution in [0.1, 0.15) is 17.9 Å². The lowest BCUT2D eigenvalue weighted by Crippen LogP contribution is -2.11. The molecule has 2 aromatic rings. The Balaban J connectivity index is 1.83. The highest BCUT2D eigenvalue weighted by molar-refractivity contribution is 5.72. The third-order valence-electron chi connectivity index (χ3n) is 4.68. The molecule has 0 spiro atoms. The van der Waals surface area contributed by atoms with Gasteiger partial charge in [-0.05, 0) is 42.1 Å². The second-order valence-electron chi connectivity index (χ2n) is 5.89. The number of hydrogen-bond acceptors (Lipinski definition) is 2. The molecule has 21 heavy (non-hydrogen) atoms. The van der Waals surface area contributed by atoms with Crippen LogP contribution in [0, 0.1) is 11.7 Å². The van der Waals surface area contributed by atoms with Gasteiger partial charge in [-0.1, -0.05) is 30.3 Å². The molecule has 0 aliphatic carbocycles. The van der Waals surface area contributed by atoms with E-state index in [9.17, 15) is 4.39 Å². The highest BCUT2D eigenvalue weighted by Crippen LogP contribution is 2.43. The zero-order valence-corrected chi connectivity index (χ0v) is 11.8. The van der Waals surface area contributed by atoms with Crippen LogP contribution < -0.4 is 10.1 Å². The van der Waals surface area contributed by atoms with Crippen molar-refractivity contribution in [3.8, 4) is 16.9 Å². The SMILES string of the molecule is Fc1ccc(-c2cccc3c2OCC[C@H]2CNC[C@H]32)cc1. The molecule has 1 fully saturated rings. The first-order valence-corrected chi connectivity index (χ1v) is 7.55. The Hall–Kier alpha value is -1.87. The summed E-state index contributed by atoms with van der Waals surface area (Å²) in [4.78, 5) is 0. The highest BCUT2D eigenvalue weighted by atomic mass is 19.1. The van der Waals surface area contributed by atoms with Crippen LogP contribution in [0.3, 0.4) is 0 Å². The van der Waals surface area contributed by atoms with Crippen LogP contribution in [0.4, 0.5) is 4.39 Å². The fourth-order valence-corrected chi connectivity index (χ4v) is 3.58. The van der Waals surface area contributed by atoms with E-state index in [1.807, 2.05) is 12.1 Å². The van der Waals surface area contributed by atoms with E-state index in [1.165, 1.54) is 17.7 Å². The summed E-state index contributed by atoms with van der Waals surface area (Å²) in [5, 5.41) is 3.49. The monoisotopic (exact) mass is 283 g/mol. The van der Waals surface area contributed by atoms with Crippen molar-refractivity contribution in [1.82, 2.24) is 5.32 Å². The van der Waals surface area contributed by atoms with Crippen LogP contribution in [0.15, 0.2) is 42.5 Å². The van der Waals surface area contributed by atoms with Gasteiger partial charge in [0.1, 0.15) is 11.6 Å². The number of hydrogen-bond donors (Lipinski definition) is 1. The molecule has 2 heterocycles. The van der Waals surface area contributed by atoms with E-state index >= 15 is 0 Å². The largest absolute Gasteiger partial charge is 0.493 e. The molecule has 1 N–H and O–H groups in total. The van der Waals surface area contributed by atoms with Gasteiger partial charge in [0.25, 0.3) is 0 Å². The van der Waals surface area contributed by atoms with Crippen molar-refractivity contribution in [3.05, 3.63) is 53.8 Å². The van der Waals surface area contributed by atoms with Crippen LogP contribution >= 0.6 is 0 Å². The molecule has 2 nitrogen and oxygen atoms in total. The van der Waals surface area contributed by atoms with Crippen LogP contribution in [0.2, 0.25) is 0 Å². The molecule has 1 saturated heterocycles. The Morgan fingerprint density at radius 3 is 2.76 bits per heavy atom. The van der Waals surface area contributed by atoms with Gasteiger partial charge in [-0.3, -0.25) is 0 Å². The summed E-state index contributed by atoms with van der Waals surface area (Å²) in [6.45, 7) is 2.86. The molecule has 3 heteroatoms. The normalized spacial score (nSPS) is 23.9. The van der Waals surface area contributed by atoms with E-state index in [-0.39, 0.29) is 5.82 Å². The zero-order chi connectivity index (χ0) is 14.2. The standard InChI is InChI=1S/C18H18FNO/c19-14-6-4-12(5-7-14)15-2-1-3-16-17-11-20-10-13(17)8-9-21-18(15)16/h1-7,13,17,20H,8-11H2/t13-,17-/m0/s1. The first kappa shape index (κ1) is 12.8. The van der Waals surface area contributed by atoms with Crippen LogP contribution in [-0.2, 0) is 0 Å². The second kappa shape index (κ2) is 5.15. The van der Waals surface area contributed by atoms with E-state index < -0.39 is 0 Å². The molecule has 2 aromatic carbocycles. The van der Waals surface area contributed by atoms with Gasteiger partial charge in [0.05, 0.1) is 6.61 Å². The van der Waals surface area contributed by atoms with Crippen LogP contribution in [0.5, 0.6) is 5.75 Å². The van der Waals surface area contributed by atoms with Crippen molar-refractivity contribution in [1.29, 1.82) is 0 Å². The van der Waals surface area contributed by atoms with Crippen molar-refractivity contribution < 1.29 is 9.13 Å². The average Bonchev–Trinajstić information content (AvgIpc) is 2.90. The van der Waals surface area contributed by atoms with Crippen LogP contribution in [-0.4, -0.2) is 19.7 Å². The van der Waals surface area contributed by atoms with E-state index in [2.05, 4.69) is 23.5 Å². The Kier molecular flexibility index (Phi) is 3.15. The fourth-order valence-electron chi connectivity index (χ4n) is 3.58.